The maximum atomic E-state index is 12.7. The van der Waals surface area contributed by atoms with E-state index in [1.807, 2.05) is 21.1 Å². The smallest absolute Gasteiger partial charge is 0.457 e. The van der Waals surface area contributed by atoms with Gasteiger partial charge < -0.3 is 18.9 Å². The molecule has 0 spiro atoms. The number of rotatable bonds is 41. The van der Waals surface area contributed by atoms with Crippen molar-refractivity contribution in [1.29, 1.82) is 0 Å². The Kier molecular flexibility index (Phi) is 38.2. The van der Waals surface area contributed by atoms with Gasteiger partial charge >= 0.3 is 13.8 Å². The number of allylic oxidation sites excluding steroid dienone is 8. The fraction of sp³-hybridized carbons (Fsp3) is 0.804. The summed E-state index contributed by atoms with van der Waals surface area (Å²) in [5, 5.41) is 0. The molecule has 0 saturated carbocycles. The Morgan fingerprint density at radius 1 is 0.582 bits per heavy atom. The zero-order valence-electron chi connectivity index (χ0n) is 36.4. The summed E-state index contributed by atoms with van der Waals surface area (Å²) in [6.45, 7) is 5.37. The molecule has 0 bridgehead atoms. The van der Waals surface area contributed by atoms with Crippen LogP contribution < -0.4 is 0 Å². The van der Waals surface area contributed by atoms with Crippen molar-refractivity contribution in [3.8, 4) is 0 Å². The first kappa shape index (κ1) is 53.5. The molecule has 8 nitrogen and oxygen atoms in total. The third-order valence-corrected chi connectivity index (χ3v) is 10.4. The maximum absolute atomic E-state index is 12.7. The number of likely N-dealkylation sites (N-methyl/N-ethyl adjacent to an activating group) is 1. The first-order chi connectivity index (χ1) is 26.6. The van der Waals surface area contributed by atoms with E-state index in [1.165, 1.54) is 103 Å². The second-order valence-corrected chi connectivity index (χ2v) is 17.5. The summed E-state index contributed by atoms with van der Waals surface area (Å²) in [6.07, 6.45) is 47.3. The molecule has 0 radical (unpaired) electrons. The van der Waals surface area contributed by atoms with Crippen molar-refractivity contribution < 1.29 is 37.3 Å². The van der Waals surface area contributed by atoms with Crippen LogP contribution in [0.4, 0.5) is 0 Å². The highest BCUT2D eigenvalue weighted by molar-refractivity contribution is 7.47. The average molecular weight is 797 g/mol. The highest BCUT2D eigenvalue weighted by Crippen LogP contribution is 2.43. The van der Waals surface area contributed by atoms with Gasteiger partial charge in [-0.3, -0.25) is 13.8 Å². The van der Waals surface area contributed by atoms with Gasteiger partial charge in [-0.2, -0.15) is 0 Å². The minimum atomic E-state index is -4.29. The molecule has 0 aliphatic rings. The normalized spacial score (nSPS) is 14.2. The maximum Gasteiger partial charge on any atom is 0.472 e. The zero-order valence-corrected chi connectivity index (χ0v) is 37.3. The lowest BCUT2D eigenvalue weighted by Gasteiger charge is -2.24. The Morgan fingerprint density at radius 3 is 1.51 bits per heavy atom. The topological polar surface area (TPSA) is 91.3 Å². The molecule has 322 valence electrons. The van der Waals surface area contributed by atoms with Crippen LogP contribution in [0.5, 0.6) is 0 Å². The lowest BCUT2D eigenvalue weighted by Crippen LogP contribution is -2.37. The number of phosphoric acid groups is 1. The summed E-state index contributed by atoms with van der Waals surface area (Å²) in [6, 6.07) is 0. The highest BCUT2D eigenvalue weighted by Gasteiger charge is 2.26. The SMILES string of the molecule is CC/C=C\C/C=C\C/C=C\C/C=C\CCCOCC(COP(=O)(O)OCC[N+](C)(C)C)OC(=O)CCCCCCCCCCCCCCCCCCCCC. The number of phosphoric ester groups is 1. The van der Waals surface area contributed by atoms with E-state index in [9.17, 15) is 14.3 Å². The molecule has 0 rings (SSSR count). The van der Waals surface area contributed by atoms with Gasteiger partial charge in [0.25, 0.3) is 0 Å². The van der Waals surface area contributed by atoms with Crippen molar-refractivity contribution in [2.75, 3.05) is 54.1 Å². The third-order valence-electron chi connectivity index (χ3n) is 9.40. The molecule has 0 aromatic heterocycles. The van der Waals surface area contributed by atoms with Gasteiger partial charge in [-0.15, -0.1) is 0 Å². The molecular formula is C46H87NO7P+. The van der Waals surface area contributed by atoms with Gasteiger partial charge in [-0.25, -0.2) is 4.57 Å². The molecule has 2 atom stereocenters. The number of quaternary nitrogens is 1. The lowest BCUT2D eigenvalue weighted by atomic mass is 10.0. The van der Waals surface area contributed by atoms with Gasteiger partial charge in [0.1, 0.15) is 19.3 Å². The van der Waals surface area contributed by atoms with Crippen LogP contribution in [0.1, 0.15) is 181 Å². The van der Waals surface area contributed by atoms with Crippen LogP contribution >= 0.6 is 7.82 Å². The van der Waals surface area contributed by atoms with Gasteiger partial charge in [0, 0.05) is 13.0 Å². The van der Waals surface area contributed by atoms with E-state index in [2.05, 4.69) is 62.5 Å². The standard InChI is InChI=1S/C46H86NO7P/c1-6-8-10-12-14-16-18-20-22-23-24-25-26-27-29-31-33-35-37-39-46(48)54-45(44-53-55(49,50)52-42-40-47(3,4)5)43-51-41-38-36-34-32-30-28-21-19-17-15-13-11-9-7-2/h9,11,15,17,21,28,32,34,45H,6-8,10,12-14,16,18-20,22-27,29-31,33,35-44H2,1-5H3/p+1/b11-9-,17-15-,28-21-,34-32-. The van der Waals surface area contributed by atoms with Gasteiger partial charge in [0.15, 0.2) is 0 Å². The number of unbranched alkanes of at least 4 members (excludes halogenated alkanes) is 19. The van der Waals surface area contributed by atoms with E-state index in [4.69, 9.17) is 18.5 Å². The zero-order chi connectivity index (χ0) is 40.6. The first-order valence-electron chi connectivity index (χ1n) is 22.4. The molecule has 0 aliphatic carbocycles. The van der Waals surface area contributed by atoms with Gasteiger partial charge in [0.05, 0.1) is 34.4 Å². The molecule has 0 saturated heterocycles. The van der Waals surface area contributed by atoms with Crippen LogP contribution in [0.25, 0.3) is 0 Å². The minimum Gasteiger partial charge on any atom is -0.457 e. The summed E-state index contributed by atoms with van der Waals surface area (Å²) >= 11 is 0. The van der Waals surface area contributed by atoms with Gasteiger partial charge in [-0.1, -0.05) is 178 Å². The molecule has 0 amide bonds. The van der Waals surface area contributed by atoms with Crippen molar-refractivity contribution >= 4 is 13.8 Å². The van der Waals surface area contributed by atoms with Crippen molar-refractivity contribution in [3.63, 3.8) is 0 Å². The van der Waals surface area contributed by atoms with E-state index in [0.717, 1.165) is 57.8 Å². The van der Waals surface area contributed by atoms with Crippen LogP contribution in [0.15, 0.2) is 48.6 Å². The molecule has 9 heteroatoms. The monoisotopic (exact) mass is 797 g/mol. The van der Waals surface area contributed by atoms with Crippen molar-refractivity contribution in [3.05, 3.63) is 48.6 Å². The Hall–Kier alpha value is -1.54. The Morgan fingerprint density at radius 2 is 1.04 bits per heavy atom. The fourth-order valence-electron chi connectivity index (χ4n) is 5.97. The number of carbonyl (C=O) groups is 1. The number of esters is 1. The second kappa shape index (κ2) is 39.3. The molecule has 0 fully saturated rings. The number of ether oxygens (including phenoxy) is 2. The molecule has 2 unspecified atom stereocenters. The largest absolute Gasteiger partial charge is 0.472 e. The van der Waals surface area contributed by atoms with E-state index >= 15 is 0 Å². The number of nitrogens with zero attached hydrogens (tertiary/aromatic N) is 1. The van der Waals surface area contributed by atoms with Crippen LogP contribution in [0, 0.1) is 0 Å². The van der Waals surface area contributed by atoms with E-state index < -0.39 is 13.9 Å². The molecule has 0 aromatic carbocycles. The molecule has 0 aliphatic heterocycles. The molecular weight excluding hydrogens is 709 g/mol. The van der Waals surface area contributed by atoms with Crippen molar-refractivity contribution in [2.24, 2.45) is 0 Å². The summed E-state index contributed by atoms with van der Waals surface area (Å²) in [5.41, 5.74) is 0. The summed E-state index contributed by atoms with van der Waals surface area (Å²) in [7, 11) is 1.63. The Labute approximate surface area is 339 Å². The van der Waals surface area contributed by atoms with Crippen molar-refractivity contribution in [2.45, 2.75) is 187 Å². The van der Waals surface area contributed by atoms with E-state index in [1.54, 1.807) is 0 Å². The third kappa shape index (κ3) is 43.4. The summed E-state index contributed by atoms with van der Waals surface area (Å²) in [5.74, 6) is -0.331. The van der Waals surface area contributed by atoms with Gasteiger partial charge in [0.2, 0.25) is 0 Å². The molecule has 55 heavy (non-hydrogen) atoms. The van der Waals surface area contributed by atoms with E-state index in [-0.39, 0.29) is 25.8 Å². The van der Waals surface area contributed by atoms with Gasteiger partial charge in [-0.05, 0) is 44.9 Å². The van der Waals surface area contributed by atoms with Crippen LogP contribution in [0.3, 0.4) is 0 Å². The first-order valence-corrected chi connectivity index (χ1v) is 23.9. The molecule has 0 aromatic rings. The number of hydrogen-bond acceptors (Lipinski definition) is 6. The highest BCUT2D eigenvalue weighted by atomic mass is 31.2. The fourth-order valence-corrected chi connectivity index (χ4v) is 6.71. The second-order valence-electron chi connectivity index (χ2n) is 16.1. The number of carbonyl (C=O) groups excluding carboxylic acids is 1. The lowest BCUT2D eigenvalue weighted by molar-refractivity contribution is -0.870. The molecule has 1 N–H and O–H groups in total. The Balaban J connectivity index is 4.25. The quantitative estimate of drug-likeness (QED) is 0.0217. The summed E-state index contributed by atoms with van der Waals surface area (Å²) in [4.78, 5) is 22.9. The van der Waals surface area contributed by atoms with Crippen LogP contribution in [-0.2, 0) is 27.9 Å². The van der Waals surface area contributed by atoms with Crippen LogP contribution in [0.2, 0.25) is 0 Å². The predicted octanol–water partition coefficient (Wildman–Crippen LogP) is 13.2. The van der Waals surface area contributed by atoms with E-state index in [0.29, 0.717) is 24.1 Å². The average Bonchev–Trinajstić information content (AvgIpc) is 3.13. The van der Waals surface area contributed by atoms with Crippen molar-refractivity contribution in [1.82, 2.24) is 0 Å². The number of hydrogen-bond donors (Lipinski definition) is 1. The molecule has 0 heterocycles. The predicted molar refractivity (Wildman–Crippen MR) is 233 cm³/mol. The Bertz CT molecular complexity index is 1020. The van der Waals surface area contributed by atoms with Crippen LogP contribution in [-0.4, -0.2) is 75.6 Å². The minimum absolute atomic E-state index is 0.0783. The summed E-state index contributed by atoms with van der Waals surface area (Å²) < 4.78 is 34.9.